The lowest BCUT2D eigenvalue weighted by molar-refractivity contribution is -0.116. The van der Waals surface area contributed by atoms with Gasteiger partial charge in [0.15, 0.2) is 5.11 Å². The molecule has 6 nitrogen and oxygen atoms in total. The van der Waals surface area contributed by atoms with Crippen LogP contribution in [0.15, 0.2) is 54.7 Å². The van der Waals surface area contributed by atoms with Gasteiger partial charge in [0.25, 0.3) is 0 Å². The molecule has 0 bridgehead atoms. The molecule has 2 fully saturated rings. The number of carbonyl (C=O) groups excluding carboxylic acids is 1. The van der Waals surface area contributed by atoms with Gasteiger partial charge in [-0.3, -0.25) is 9.78 Å². The highest BCUT2D eigenvalue weighted by Gasteiger charge is 2.41. The van der Waals surface area contributed by atoms with Gasteiger partial charge in [-0.2, -0.15) is 0 Å². The van der Waals surface area contributed by atoms with Crippen LogP contribution in [0, 0.1) is 20.8 Å². The van der Waals surface area contributed by atoms with Crippen molar-refractivity contribution in [1.82, 2.24) is 19.8 Å². The van der Waals surface area contributed by atoms with E-state index < -0.39 is 0 Å². The largest absolute Gasteiger partial charge is 0.352 e. The van der Waals surface area contributed by atoms with E-state index in [9.17, 15) is 4.79 Å². The zero-order chi connectivity index (χ0) is 25.2. The van der Waals surface area contributed by atoms with Crippen molar-refractivity contribution in [1.29, 1.82) is 0 Å². The summed E-state index contributed by atoms with van der Waals surface area (Å²) in [7, 11) is 0. The second-order valence-corrected chi connectivity index (χ2v) is 10.5. The van der Waals surface area contributed by atoms with Gasteiger partial charge >= 0.3 is 0 Å². The number of nitrogens with one attached hydrogen (secondary N) is 2. The number of para-hydroxylation sites is 1. The van der Waals surface area contributed by atoms with Crippen molar-refractivity contribution in [3.8, 4) is 0 Å². The fraction of sp³-hybridized carbons (Fsp3) is 0.414. The van der Waals surface area contributed by atoms with E-state index in [-0.39, 0.29) is 18.0 Å². The second-order valence-electron chi connectivity index (χ2n) is 10.1. The highest BCUT2D eigenvalue weighted by atomic mass is 32.1. The van der Waals surface area contributed by atoms with Gasteiger partial charge in [-0.25, -0.2) is 0 Å². The predicted octanol–water partition coefficient (Wildman–Crippen LogP) is 5.92. The summed E-state index contributed by atoms with van der Waals surface area (Å²) in [6.45, 7) is 6.99. The molecule has 7 heteroatoms. The molecule has 188 valence electrons. The number of pyridine rings is 1. The summed E-state index contributed by atoms with van der Waals surface area (Å²) in [4.78, 5) is 19.8. The van der Waals surface area contributed by atoms with Gasteiger partial charge in [0, 0.05) is 42.3 Å². The monoisotopic (exact) mass is 501 g/mol. The van der Waals surface area contributed by atoms with Crippen molar-refractivity contribution in [3.63, 3.8) is 0 Å². The van der Waals surface area contributed by atoms with Crippen LogP contribution in [-0.4, -0.2) is 32.0 Å². The minimum atomic E-state index is -0.0735. The molecule has 1 aliphatic carbocycles. The molecular weight excluding hydrogens is 466 g/mol. The Labute approximate surface area is 219 Å². The molecular formula is C29H35N5OS. The first-order valence-corrected chi connectivity index (χ1v) is 13.4. The number of carbonyl (C=O) groups is 1. The first-order chi connectivity index (χ1) is 17.4. The van der Waals surface area contributed by atoms with Crippen LogP contribution in [0.1, 0.15) is 78.4 Å². The lowest BCUT2D eigenvalue weighted by atomic mass is 9.96. The Bertz CT molecular complexity index is 1250. The Morgan fingerprint density at radius 1 is 1.11 bits per heavy atom. The minimum Gasteiger partial charge on any atom is -0.352 e. The van der Waals surface area contributed by atoms with E-state index in [1.54, 1.807) is 0 Å². The van der Waals surface area contributed by atoms with Crippen LogP contribution in [0.3, 0.4) is 0 Å². The summed E-state index contributed by atoms with van der Waals surface area (Å²) >= 11 is 5.84. The Kier molecular flexibility index (Phi) is 7.10. The smallest absolute Gasteiger partial charge is 0.226 e. The molecule has 1 amide bonds. The van der Waals surface area contributed by atoms with Crippen LogP contribution in [0.5, 0.6) is 0 Å². The van der Waals surface area contributed by atoms with Crippen molar-refractivity contribution < 1.29 is 4.79 Å². The number of nitrogens with zero attached hydrogens (tertiary/aromatic N) is 3. The van der Waals surface area contributed by atoms with Gasteiger partial charge in [-0.15, -0.1) is 0 Å². The van der Waals surface area contributed by atoms with Crippen LogP contribution < -0.4 is 10.6 Å². The fourth-order valence-electron chi connectivity index (χ4n) is 5.96. The highest BCUT2D eigenvalue weighted by Crippen LogP contribution is 2.43. The number of hydrogen-bond acceptors (Lipinski definition) is 3. The molecule has 1 aliphatic heterocycles. The number of thiocarbonyl (C=S) groups is 1. The van der Waals surface area contributed by atoms with Gasteiger partial charge in [0.2, 0.25) is 5.91 Å². The number of benzene rings is 1. The molecule has 2 atom stereocenters. The third-order valence-electron chi connectivity index (χ3n) is 7.73. The number of rotatable bonds is 7. The number of amides is 1. The molecule has 2 aliphatic rings. The first-order valence-electron chi connectivity index (χ1n) is 13.0. The maximum Gasteiger partial charge on any atom is 0.226 e. The van der Waals surface area contributed by atoms with Crippen LogP contribution >= 0.6 is 12.2 Å². The predicted molar refractivity (Wildman–Crippen MR) is 148 cm³/mol. The number of aryl methyl sites for hydroxylation is 2. The van der Waals surface area contributed by atoms with Crippen molar-refractivity contribution >= 4 is 28.9 Å². The van der Waals surface area contributed by atoms with E-state index in [1.807, 2.05) is 49.5 Å². The molecule has 1 saturated carbocycles. The Hall–Kier alpha value is -3.19. The number of anilines is 1. The molecule has 2 aromatic heterocycles. The van der Waals surface area contributed by atoms with E-state index in [0.29, 0.717) is 24.1 Å². The highest BCUT2D eigenvalue weighted by molar-refractivity contribution is 7.80. The molecule has 2 N–H and O–H groups in total. The standard InChI is InChI=1S/C29H35N5OS/c1-19-10-4-7-13-24(19)31-26(35)15-17-33-28(27(32-29(33)36)25-14-8-9-16-30-25)23-18-20(2)34(21(23)3)22-11-5-6-12-22/h4,7-10,13-14,16,18,22,27-28H,5-6,11-12,15,17H2,1-3H3,(H,31,35)(H,32,36)/t27-,28-/m0/s1. The minimum absolute atomic E-state index is 0.0106. The van der Waals surface area contributed by atoms with Gasteiger partial charge in [0.05, 0.1) is 17.8 Å². The SMILES string of the molecule is Cc1ccccc1NC(=O)CCN1C(=S)N[C@@H](c2ccccn2)[C@@H]1c1cc(C)n(C2CCCC2)c1C. The van der Waals surface area contributed by atoms with Crippen LogP contribution in [-0.2, 0) is 4.79 Å². The Morgan fingerprint density at radius 3 is 2.58 bits per heavy atom. The summed E-state index contributed by atoms with van der Waals surface area (Å²) < 4.78 is 2.53. The number of hydrogen-bond donors (Lipinski definition) is 2. The molecule has 0 spiro atoms. The molecule has 1 saturated heterocycles. The molecule has 3 aromatic rings. The zero-order valence-corrected chi connectivity index (χ0v) is 22.1. The summed E-state index contributed by atoms with van der Waals surface area (Å²) in [6, 6.07) is 16.7. The topological polar surface area (TPSA) is 62.2 Å². The first kappa shape index (κ1) is 24.5. The van der Waals surface area contributed by atoms with Crippen molar-refractivity contribution in [2.75, 3.05) is 11.9 Å². The van der Waals surface area contributed by atoms with Crippen molar-refractivity contribution in [2.24, 2.45) is 0 Å². The molecule has 1 aromatic carbocycles. The molecule has 0 radical (unpaired) electrons. The van der Waals surface area contributed by atoms with E-state index >= 15 is 0 Å². The normalized spacial score (nSPS) is 20.1. The van der Waals surface area contributed by atoms with E-state index in [2.05, 4.69) is 51.1 Å². The summed E-state index contributed by atoms with van der Waals surface area (Å²) in [6.07, 6.45) is 7.25. The zero-order valence-electron chi connectivity index (χ0n) is 21.3. The Balaban J connectivity index is 1.43. The van der Waals surface area contributed by atoms with Crippen LogP contribution in [0.25, 0.3) is 0 Å². The maximum absolute atomic E-state index is 12.9. The van der Waals surface area contributed by atoms with E-state index in [4.69, 9.17) is 12.2 Å². The molecule has 3 heterocycles. The van der Waals surface area contributed by atoms with Gasteiger partial charge in [-0.1, -0.05) is 37.1 Å². The fourth-order valence-corrected chi connectivity index (χ4v) is 6.29. The van der Waals surface area contributed by atoms with Crippen LogP contribution in [0.4, 0.5) is 5.69 Å². The van der Waals surface area contributed by atoms with Crippen molar-refractivity contribution in [3.05, 3.63) is 82.9 Å². The van der Waals surface area contributed by atoms with Gasteiger partial charge in [-0.05, 0) is 81.2 Å². The summed E-state index contributed by atoms with van der Waals surface area (Å²) in [5.74, 6) is -0.0106. The number of aromatic nitrogens is 2. The van der Waals surface area contributed by atoms with E-state index in [1.165, 1.54) is 42.6 Å². The summed E-state index contributed by atoms with van der Waals surface area (Å²) in [5.41, 5.74) is 6.73. The molecule has 5 rings (SSSR count). The third kappa shape index (κ3) is 4.76. The van der Waals surface area contributed by atoms with Crippen LogP contribution in [0.2, 0.25) is 0 Å². The average molecular weight is 502 g/mol. The van der Waals surface area contributed by atoms with Crippen molar-refractivity contribution in [2.45, 2.75) is 71.0 Å². The lowest BCUT2D eigenvalue weighted by Crippen LogP contribution is -2.33. The van der Waals surface area contributed by atoms with Gasteiger partial charge < -0.3 is 20.1 Å². The summed E-state index contributed by atoms with van der Waals surface area (Å²) in [5, 5.41) is 7.26. The Morgan fingerprint density at radius 2 is 1.86 bits per heavy atom. The quantitative estimate of drug-likeness (QED) is 0.393. The second kappa shape index (κ2) is 10.4. The van der Waals surface area contributed by atoms with Gasteiger partial charge in [0.1, 0.15) is 0 Å². The van der Waals surface area contributed by atoms with E-state index in [0.717, 1.165) is 16.9 Å². The lowest BCUT2D eigenvalue weighted by Gasteiger charge is -2.28. The third-order valence-corrected chi connectivity index (χ3v) is 8.08. The average Bonchev–Trinajstić information content (AvgIpc) is 3.58. The maximum atomic E-state index is 12.9. The molecule has 0 unspecified atom stereocenters. The molecule has 36 heavy (non-hydrogen) atoms.